The fourth-order valence-corrected chi connectivity index (χ4v) is 3.16. The lowest BCUT2D eigenvalue weighted by atomic mass is 10.2. The molecule has 8 nitrogen and oxygen atoms in total. The second-order valence-corrected chi connectivity index (χ2v) is 7.45. The number of carbonyl (C=O) groups excluding carboxylic acids is 2. The molecule has 0 aliphatic carbocycles. The van der Waals surface area contributed by atoms with Gasteiger partial charge in [0.25, 0.3) is 0 Å². The van der Waals surface area contributed by atoms with Crippen molar-refractivity contribution in [3.8, 4) is 0 Å². The number of carbonyl (C=O) groups is 2. The van der Waals surface area contributed by atoms with Gasteiger partial charge in [-0.15, -0.1) is 0 Å². The van der Waals surface area contributed by atoms with Crippen LogP contribution in [0, 0.1) is 0 Å². The summed E-state index contributed by atoms with van der Waals surface area (Å²) in [5.41, 5.74) is 1.76. The molecular formula is C21H34N6O2. The molecule has 8 heteroatoms. The molecule has 1 heterocycles. The maximum absolute atomic E-state index is 12.1. The van der Waals surface area contributed by atoms with Crippen molar-refractivity contribution in [2.75, 3.05) is 52.1 Å². The molecule has 0 atom stereocenters. The number of nitrogens with one attached hydrogen (secondary N) is 3. The van der Waals surface area contributed by atoms with E-state index in [1.807, 2.05) is 55.1 Å². The number of hydrogen-bond donors (Lipinski definition) is 3. The van der Waals surface area contributed by atoms with E-state index in [4.69, 9.17) is 0 Å². The SMILES string of the molecule is CCNC(=NCc1cccc(NC(=O)CN(C)C)c1)NCCC(=O)N1CCCC1. The van der Waals surface area contributed by atoms with Crippen LogP contribution in [0.25, 0.3) is 0 Å². The lowest BCUT2D eigenvalue weighted by Gasteiger charge is -2.16. The van der Waals surface area contributed by atoms with Gasteiger partial charge in [0.2, 0.25) is 11.8 Å². The van der Waals surface area contributed by atoms with Gasteiger partial charge in [0.1, 0.15) is 0 Å². The zero-order chi connectivity index (χ0) is 21.1. The lowest BCUT2D eigenvalue weighted by molar-refractivity contribution is -0.130. The third-order valence-electron chi connectivity index (χ3n) is 4.52. The van der Waals surface area contributed by atoms with Gasteiger partial charge >= 0.3 is 0 Å². The number of likely N-dealkylation sites (tertiary alicyclic amines) is 1. The minimum atomic E-state index is -0.0478. The molecule has 1 aromatic carbocycles. The van der Waals surface area contributed by atoms with Gasteiger partial charge < -0.3 is 25.8 Å². The van der Waals surface area contributed by atoms with E-state index in [2.05, 4.69) is 20.9 Å². The zero-order valence-electron chi connectivity index (χ0n) is 17.8. The molecule has 0 spiro atoms. The third kappa shape index (κ3) is 8.51. The Kier molecular flexibility index (Phi) is 9.43. The van der Waals surface area contributed by atoms with Gasteiger partial charge in [0, 0.05) is 38.3 Å². The van der Waals surface area contributed by atoms with Crippen LogP contribution in [-0.2, 0) is 16.1 Å². The van der Waals surface area contributed by atoms with Crippen LogP contribution >= 0.6 is 0 Å². The fourth-order valence-electron chi connectivity index (χ4n) is 3.16. The van der Waals surface area contributed by atoms with E-state index >= 15 is 0 Å². The van der Waals surface area contributed by atoms with Crippen molar-refractivity contribution >= 4 is 23.5 Å². The lowest BCUT2D eigenvalue weighted by Crippen LogP contribution is -2.39. The highest BCUT2D eigenvalue weighted by Crippen LogP contribution is 2.12. The molecule has 1 fully saturated rings. The first kappa shape index (κ1) is 22.7. The first-order chi connectivity index (χ1) is 14.0. The average molecular weight is 403 g/mol. The number of aliphatic imine (C=N–C) groups is 1. The first-order valence-electron chi connectivity index (χ1n) is 10.3. The normalized spacial score (nSPS) is 14.2. The molecule has 2 rings (SSSR count). The molecule has 0 aromatic heterocycles. The summed E-state index contributed by atoms with van der Waals surface area (Å²) < 4.78 is 0. The molecule has 0 radical (unpaired) electrons. The van der Waals surface area contributed by atoms with Crippen molar-refractivity contribution in [3.63, 3.8) is 0 Å². The van der Waals surface area contributed by atoms with Gasteiger partial charge in [-0.25, -0.2) is 4.99 Å². The van der Waals surface area contributed by atoms with Gasteiger partial charge in [-0.3, -0.25) is 9.59 Å². The van der Waals surface area contributed by atoms with Crippen LogP contribution in [0.4, 0.5) is 5.69 Å². The molecule has 3 N–H and O–H groups in total. The highest BCUT2D eigenvalue weighted by atomic mass is 16.2. The molecule has 0 unspecified atom stereocenters. The topological polar surface area (TPSA) is 89.1 Å². The summed E-state index contributed by atoms with van der Waals surface area (Å²) in [5.74, 6) is 0.837. The van der Waals surface area contributed by atoms with E-state index in [0.717, 1.165) is 43.7 Å². The number of amides is 2. The zero-order valence-corrected chi connectivity index (χ0v) is 17.8. The number of hydrogen-bond acceptors (Lipinski definition) is 4. The highest BCUT2D eigenvalue weighted by molar-refractivity contribution is 5.92. The van der Waals surface area contributed by atoms with Gasteiger partial charge in [-0.05, 0) is 51.6 Å². The summed E-state index contributed by atoms with van der Waals surface area (Å²) in [4.78, 5) is 32.4. The van der Waals surface area contributed by atoms with E-state index in [1.54, 1.807) is 0 Å². The molecule has 0 saturated carbocycles. The number of benzene rings is 1. The Morgan fingerprint density at radius 3 is 2.62 bits per heavy atom. The van der Waals surface area contributed by atoms with E-state index < -0.39 is 0 Å². The Labute approximate surface area is 173 Å². The average Bonchev–Trinajstić information content (AvgIpc) is 3.20. The first-order valence-corrected chi connectivity index (χ1v) is 10.3. The molecule has 2 amide bonds. The standard InChI is InChI=1S/C21H34N6O2/c1-4-22-21(23-11-10-20(29)27-12-5-6-13-27)24-15-17-8-7-9-18(14-17)25-19(28)16-26(2)3/h7-9,14H,4-6,10-13,15-16H2,1-3H3,(H,25,28)(H2,22,23,24). The molecule has 160 valence electrons. The Bertz CT molecular complexity index is 698. The number of nitrogens with zero attached hydrogens (tertiary/aromatic N) is 3. The minimum absolute atomic E-state index is 0.0478. The van der Waals surface area contributed by atoms with Gasteiger partial charge in [0.15, 0.2) is 5.96 Å². The summed E-state index contributed by atoms with van der Waals surface area (Å²) in [6.45, 7) is 5.89. The van der Waals surface area contributed by atoms with Crippen molar-refractivity contribution in [3.05, 3.63) is 29.8 Å². The maximum atomic E-state index is 12.1. The largest absolute Gasteiger partial charge is 0.357 e. The van der Waals surface area contributed by atoms with Crippen LogP contribution < -0.4 is 16.0 Å². The van der Waals surface area contributed by atoms with E-state index in [-0.39, 0.29) is 11.8 Å². The second kappa shape index (κ2) is 12.1. The Morgan fingerprint density at radius 1 is 1.17 bits per heavy atom. The molecule has 1 aliphatic rings. The Hall–Kier alpha value is -2.61. The number of rotatable bonds is 9. The molecule has 1 aliphatic heterocycles. The quantitative estimate of drug-likeness (QED) is 0.427. The molecule has 1 aromatic rings. The molecule has 29 heavy (non-hydrogen) atoms. The predicted molar refractivity (Wildman–Crippen MR) is 117 cm³/mol. The van der Waals surface area contributed by atoms with Gasteiger partial charge in [-0.2, -0.15) is 0 Å². The highest BCUT2D eigenvalue weighted by Gasteiger charge is 2.17. The molecular weight excluding hydrogens is 368 g/mol. The second-order valence-electron chi connectivity index (χ2n) is 7.45. The summed E-state index contributed by atoms with van der Waals surface area (Å²) in [6.07, 6.45) is 2.69. The fraction of sp³-hybridized carbons (Fsp3) is 0.571. The molecule has 0 bridgehead atoms. The van der Waals surface area contributed by atoms with Crippen LogP contribution in [0.15, 0.2) is 29.3 Å². The van der Waals surface area contributed by atoms with Gasteiger partial charge in [0.05, 0.1) is 13.1 Å². The van der Waals surface area contributed by atoms with Crippen molar-refractivity contribution in [2.24, 2.45) is 4.99 Å². The maximum Gasteiger partial charge on any atom is 0.238 e. The summed E-state index contributed by atoms with van der Waals surface area (Å²) >= 11 is 0. The number of anilines is 1. The molecule has 1 saturated heterocycles. The van der Waals surface area contributed by atoms with E-state index in [0.29, 0.717) is 32.0 Å². The van der Waals surface area contributed by atoms with Crippen LogP contribution in [0.3, 0.4) is 0 Å². The van der Waals surface area contributed by atoms with Crippen molar-refractivity contribution < 1.29 is 9.59 Å². The van der Waals surface area contributed by atoms with Crippen molar-refractivity contribution in [2.45, 2.75) is 32.7 Å². The van der Waals surface area contributed by atoms with Crippen LogP contribution in [0.5, 0.6) is 0 Å². The van der Waals surface area contributed by atoms with Crippen LogP contribution in [0.1, 0.15) is 31.7 Å². The van der Waals surface area contributed by atoms with E-state index in [1.165, 1.54) is 0 Å². The summed E-state index contributed by atoms with van der Waals surface area (Å²) in [7, 11) is 3.72. The summed E-state index contributed by atoms with van der Waals surface area (Å²) in [6, 6.07) is 7.68. The Morgan fingerprint density at radius 2 is 1.93 bits per heavy atom. The minimum Gasteiger partial charge on any atom is -0.357 e. The smallest absolute Gasteiger partial charge is 0.238 e. The van der Waals surface area contributed by atoms with Crippen molar-refractivity contribution in [1.29, 1.82) is 0 Å². The monoisotopic (exact) mass is 402 g/mol. The summed E-state index contributed by atoms with van der Waals surface area (Å²) in [5, 5.41) is 9.33. The van der Waals surface area contributed by atoms with Crippen LogP contribution in [-0.4, -0.2) is 74.4 Å². The number of likely N-dealkylation sites (N-methyl/N-ethyl adjacent to an activating group) is 1. The van der Waals surface area contributed by atoms with E-state index in [9.17, 15) is 9.59 Å². The van der Waals surface area contributed by atoms with Crippen molar-refractivity contribution in [1.82, 2.24) is 20.4 Å². The van der Waals surface area contributed by atoms with Gasteiger partial charge in [-0.1, -0.05) is 12.1 Å². The van der Waals surface area contributed by atoms with Crippen LogP contribution in [0.2, 0.25) is 0 Å². The number of guanidine groups is 1. The third-order valence-corrected chi connectivity index (χ3v) is 4.52. The predicted octanol–water partition coefficient (Wildman–Crippen LogP) is 1.25. The Balaban J connectivity index is 1.86.